The van der Waals surface area contributed by atoms with Crippen LogP contribution in [0.3, 0.4) is 0 Å². The Morgan fingerprint density at radius 3 is 2.62 bits per heavy atom. The van der Waals surface area contributed by atoms with Crippen LogP contribution in [-0.4, -0.2) is 11.4 Å². The van der Waals surface area contributed by atoms with Crippen molar-refractivity contribution in [1.29, 1.82) is 0 Å². The number of hydrogen-bond acceptors (Lipinski definition) is 1. The average Bonchev–Trinajstić information content (AvgIpc) is 2.03. The van der Waals surface area contributed by atoms with Crippen LogP contribution in [0.5, 0.6) is 0 Å². The van der Waals surface area contributed by atoms with Crippen molar-refractivity contribution in [2.75, 3.05) is 0 Å². The number of carbonyl (C=O) groups is 1. The Morgan fingerprint density at radius 1 is 1.54 bits per heavy atom. The van der Waals surface area contributed by atoms with E-state index in [2.05, 4.69) is 0 Å². The molecule has 1 unspecified atom stereocenters. The Balaban J connectivity index is 3.09. The van der Waals surface area contributed by atoms with Crippen LogP contribution in [0.15, 0.2) is 18.2 Å². The van der Waals surface area contributed by atoms with E-state index in [1.165, 1.54) is 12.1 Å². The fourth-order valence-electron chi connectivity index (χ4n) is 1.02. The first-order chi connectivity index (χ1) is 6.02. The zero-order valence-corrected chi connectivity index (χ0v) is 8.36. The number of Topliss-reactive ketones (excluding diaryl/α,β-unsaturated/α-hetero) is 1. The maximum Gasteiger partial charge on any atom is 0.235 e. The van der Waals surface area contributed by atoms with Gasteiger partial charge >= 0.3 is 0 Å². The molecule has 0 aliphatic heterocycles. The molecule has 0 aromatic heterocycles. The number of hydrogen-bond donors (Lipinski definition) is 0. The van der Waals surface area contributed by atoms with Crippen LogP contribution in [0.4, 0.5) is 4.39 Å². The summed E-state index contributed by atoms with van der Waals surface area (Å²) in [5.74, 6) is -0.726. The van der Waals surface area contributed by atoms with Gasteiger partial charge in [0.05, 0.1) is 0 Å². The van der Waals surface area contributed by atoms with Crippen molar-refractivity contribution in [2.24, 2.45) is 0 Å². The van der Waals surface area contributed by atoms with Gasteiger partial charge in [0.25, 0.3) is 0 Å². The molecule has 13 heavy (non-hydrogen) atoms. The van der Waals surface area contributed by atoms with Gasteiger partial charge in [0, 0.05) is 10.6 Å². The van der Waals surface area contributed by atoms with E-state index < -0.39 is 11.4 Å². The van der Waals surface area contributed by atoms with E-state index in [0.29, 0.717) is 10.6 Å². The molecule has 0 aliphatic carbocycles. The second-order valence-corrected chi connectivity index (χ2v) is 3.44. The highest BCUT2D eigenvalue weighted by Crippen LogP contribution is 2.18. The number of carbonyl (C=O) groups excluding carboxylic acids is 1. The van der Waals surface area contributed by atoms with E-state index in [0.717, 1.165) is 0 Å². The van der Waals surface area contributed by atoms with Gasteiger partial charge in [0.1, 0.15) is 0 Å². The average molecular weight is 221 g/mol. The highest BCUT2D eigenvalue weighted by atomic mass is 35.5. The molecule has 0 aliphatic rings. The standard InChI is InChI=1S/C9H7Cl2FO/c1-5-4-6(10)2-3-7(5)8(13)9(11)12/h2-4,9H,1H3. The molecule has 1 aromatic rings. The van der Waals surface area contributed by atoms with Gasteiger partial charge in [-0.15, -0.1) is 0 Å². The summed E-state index contributed by atoms with van der Waals surface area (Å²) >= 11 is 10.7. The fourth-order valence-corrected chi connectivity index (χ4v) is 1.37. The second kappa shape index (κ2) is 4.07. The molecule has 0 N–H and O–H groups in total. The number of benzene rings is 1. The van der Waals surface area contributed by atoms with E-state index in [1.807, 2.05) is 0 Å². The Hall–Kier alpha value is -0.600. The topological polar surface area (TPSA) is 17.1 Å². The number of rotatable bonds is 2. The summed E-state index contributed by atoms with van der Waals surface area (Å²) in [5.41, 5.74) is -1.09. The maximum absolute atomic E-state index is 12.4. The maximum atomic E-state index is 12.4. The molecule has 0 saturated carbocycles. The smallest absolute Gasteiger partial charge is 0.235 e. The number of alkyl halides is 2. The first-order valence-electron chi connectivity index (χ1n) is 3.61. The highest BCUT2D eigenvalue weighted by Gasteiger charge is 2.17. The minimum absolute atomic E-state index is 0.270. The van der Waals surface area contributed by atoms with Crippen molar-refractivity contribution in [3.63, 3.8) is 0 Å². The first-order valence-corrected chi connectivity index (χ1v) is 4.42. The van der Waals surface area contributed by atoms with Crippen LogP contribution in [0, 0.1) is 6.92 Å². The van der Waals surface area contributed by atoms with Gasteiger partial charge in [0.15, 0.2) is 0 Å². The Kier molecular flexibility index (Phi) is 3.28. The monoisotopic (exact) mass is 220 g/mol. The molecule has 1 atom stereocenters. The molecule has 0 saturated heterocycles. The van der Waals surface area contributed by atoms with Gasteiger partial charge in [0.2, 0.25) is 11.4 Å². The number of ketones is 1. The van der Waals surface area contributed by atoms with Crippen molar-refractivity contribution in [2.45, 2.75) is 12.6 Å². The molecule has 1 rings (SSSR count). The zero-order chi connectivity index (χ0) is 10.0. The summed E-state index contributed by atoms with van der Waals surface area (Å²) in [6.07, 6.45) is 0. The molecular weight excluding hydrogens is 214 g/mol. The van der Waals surface area contributed by atoms with Crippen LogP contribution in [0.2, 0.25) is 5.02 Å². The first kappa shape index (κ1) is 10.5. The van der Waals surface area contributed by atoms with E-state index in [-0.39, 0.29) is 5.56 Å². The molecular formula is C9H7Cl2FO. The van der Waals surface area contributed by atoms with Crippen LogP contribution >= 0.6 is 23.2 Å². The summed E-state index contributed by atoms with van der Waals surface area (Å²) in [5, 5.41) is 0.513. The van der Waals surface area contributed by atoms with Crippen molar-refractivity contribution < 1.29 is 9.18 Å². The lowest BCUT2D eigenvalue weighted by Gasteiger charge is -2.04. The fraction of sp³-hybridized carbons (Fsp3) is 0.222. The predicted octanol–water partition coefficient (Wildman–Crippen LogP) is 3.37. The molecule has 0 fully saturated rings. The summed E-state index contributed by atoms with van der Waals surface area (Å²) in [6.45, 7) is 1.68. The molecule has 1 nitrogen and oxygen atoms in total. The minimum atomic E-state index is -1.99. The number of halogens is 3. The van der Waals surface area contributed by atoms with Gasteiger partial charge in [-0.3, -0.25) is 4.79 Å². The van der Waals surface area contributed by atoms with Crippen LogP contribution < -0.4 is 0 Å². The molecule has 0 amide bonds. The zero-order valence-electron chi connectivity index (χ0n) is 6.85. The number of aryl methyl sites for hydroxylation is 1. The molecule has 1 aromatic carbocycles. The largest absolute Gasteiger partial charge is 0.289 e. The van der Waals surface area contributed by atoms with Crippen molar-refractivity contribution in [1.82, 2.24) is 0 Å². The van der Waals surface area contributed by atoms with E-state index in [1.54, 1.807) is 13.0 Å². The summed E-state index contributed by atoms with van der Waals surface area (Å²) in [4.78, 5) is 11.1. The van der Waals surface area contributed by atoms with Crippen LogP contribution in [0.25, 0.3) is 0 Å². The minimum Gasteiger partial charge on any atom is -0.289 e. The molecule has 0 radical (unpaired) electrons. The highest BCUT2D eigenvalue weighted by molar-refractivity contribution is 6.33. The van der Waals surface area contributed by atoms with Gasteiger partial charge in [-0.05, 0) is 30.7 Å². The van der Waals surface area contributed by atoms with Crippen molar-refractivity contribution in [3.05, 3.63) is 34.3 Å². The molecule has 0 bridgehead atoms. The summed E-state index contributed by atoms with van der Waals surface area (Å²) in [7, 11) is 0. The van der Waals surface area contributed by atoms with Gasteiger partial charge in [-0.1, -0.05) is 23.2 Å². The third kappa shape index (κ3) is 2.42. The van der Waals surface area contributed by atoms with Gasteiger partial charge < -0.3 is 0 Å². The molecule has 70 valence electrons. The summed E-state index contributed by atoms with van der Waals surface area (Å²) < 4.78 is 12.4. The lowest BCUT2D eigenvalue weighted by molar-refractivity contribution is 0.0934. The Labute approximate surface area is 85.5 Å². The third-order valence-electron chi connectivity index (χ3n) is 1.65. The third-order valence-corrected chi connectivity index (χ3v) is 2.09. The molecule has 0 heterocycles. The van der Waals surface area contributed by atoms with Crippen molar-refractivity contribution in [3.8, 4) is 0 Å². The van der Waals surface area contributed by atoms with E-state index >= 15 is 0 Å². The Bertz CT molecular complexity index is 336. The van der Waals surface area contributed by atoms with Gasteiger partial charge in [-0.2, -0.15) is 0 Å². The Morgan fingerprint density at radius 2 is 2.15 bits per heavy atom. The van der Waals surface area contributed by atoms with Gasteiger partial charge in [-0.25, -0.2) is 4.39 Å². The predicted molar refractivity (Wildman–Crippen MR) is 51.3 cm³/mol. The summed E-state index contributed by atoms with van der Waals surface area (Å²) in [6, 6.07) is 4.59. The van der Waals surface area contributed by atoms with E-state index in [9.17, 15) is 9.18 Å². The normalized spacial score (nSPS) is 12.6. The quantitative estimate of drug-likeness (QED) is 0.552. The lowest BCUT2D eigenvalue weighted by atomic mass is 10.1. The van der Waals surface area contributed by atoms with E-state index in [4.69, 9.17) is 23.2 Å². The van der Waals surface area contributed by atoms with Crippen LogP contribution in [-0.2, 0) is 0 Å². The van der Waals surface area contributed by atoms with Crippen molar-refractivity contribution >= 4 is 29.0 Å². The van der Waals surface area contributed by atoms with Crippen LogP contribution in [0.1, 0.15) is 15.9 Å². The SMILES string of the molecule is Cc1cc(Cl)ccc1C(=O)C(F)Cl. The molecule has 4 heteroatoms. The molecule has 0 spiro atoms. The second-order valence-electron chi connectivity index (χ2n) is 2.62. The lowest BCUT2D eigenvalue weighted by Crippen LogP contribution is -2.10.